The molecule has 0 saturated heterocycles. The maximum atomic E-state index is 12.5. The summed E-state index contributed by atoms with van der Waals surface area (Å²) in [5.74, 6) is -0.458. The lowest BCUT2D eigenvalue weighted by molar-refractivity contribution is -0.138. The number of thioether (sulfide) groups is 1. The second-order valence-electron chi connectivity index (χ2n) is 4.98. The van der Waals surface area contributed by atoms with Crippen LogP contribution in [0.2, 0.25) is 0 Å². The maximum absolute atomic E-state index is 12.5. The van der Waals surface area contributed by atoms with Gasteiger partial charge in [0.05, 0.1) is 39.1 Å². The van der Waals surface area contributed by atoms with E-state index in [0.29, 0.717) is 22.8 Å². The fraction of sp³-hybridized carbons (Fsp3) is 0.235. The molecule has 0 fully saturated rings. The number of hydrogen-bond acceptors (Lipinski definition) is 6. The molecule has 0 amide bonds. The number of nitriles is 1. The van der Waals surface area contributed by atoms with Gasteiger partial charge in [0.2, 0.25) is 0 Å². The lowest BCUT2D eigenvalue weighted by Crippen LogP contribution is -2.12. The van der Waals surface area contributed by atoms with Crippen molar-refractivity contribution in [3.05, 3.63) is 46.1 Å². The Morgan fingerprint density at radius 2 is 2.11 bits per heavy atom. The number of rotatable bonds is 6. The molecule has 1 aromatic heterocycles. The van der Waals surface area contributed by atoms with Crippen molar-refractivity contribution in [3.63, 3.8) is 0 Å². The van der Waals surface area contributed by atoms with Crippen molar-refractivity contribution in [2.75, 3.05) is 12.4 Å². The van der Waals surface area contributed by atoms with Crippen molar-refractivity contribution in [3.8, 4) is 17.6 Å². The quantitative estimate of drug-likeness (QED) is 0.349. The topological polar surface area (TPSA) is 72.2 Å². The molecule has 0 aliphatic heterocycles. The van der Waals surface area contributed by atoms with Crippen LogP contribution in [-0.4, -0.2) is 23.3 Å². The smallest absolute Gasteiger partial charge is 0.417 e. The predicted molar refractivity (Wildman–Crippen MR) is 95.6 cm³/mol. The second kappa shape index (κ2) is 9.10. The number of carbonyl (C=O) groups is 1. The molecular weight excluding hydrogens is 449 g/mol. The number of benzene rings is 1. The maximum Gasteiger partial charge on any atom is 0.417 e. The monoisotopic (exact) mass is 460 g/mol. The van der Waals surface area contributed by atoms with Gasteiger partial charge in [-0.05, 0) is 41.1 Å². The molecule has 0 unspecified atom stereocenters. The Hall–Kier alpha value is -2.25. The lowest BCUT2D eigenvalue weighted by Gasteiger charge is -2.12. The van der Waals surface area contributed by atoms with E-state index in [1.165, 1.54) is 18.2 Å². The van der Waals surface area contributed by atoms with E-state index in [4.69, 9.17) is 14.7 Å². The van der Waals surface area contributed by atoms with Gasteiger partial charge in [-0.1, -0.05) is 11.8 Å². The number of ether oxygens (including phenoxy) is 2. The average molecular weight is 461 g/mol. The normalized spacial score (nSPS) is 11.0. The number of alkyl halides is 3. The standard InChI is InChI=1S/C17H12BrF3N2O3S/c1-2-25-13-6-10(7-22)5-12(18)16(13)26-15(24)9-27-14-4-3-11(8-23-14)17(19,20)21/h3-6,8H,2,9H2,1H3. The third-order valence-electron chi connectivity index (χ3n) is 3.06. The van der Waals surface area contributed by atoms with Gasteiger partial charge in [0.25, 0.3) is 0 Å². The van der Waals surface area contributed by atoms with Crippen LogP contribution >= 0.6 is 27.7 Å². The molecule has 1 heterocycles. The molecule has 27 heavy (non-hydrogen) atoms. The molecule has 2 aromatic rings. The van der Waals surface area contributed by atoms with Crippen LogP contribution < -0.4 is 9.47 Å². The summed E-state index contributed by atoms with van der Waals surface area (Å²) in [6.45, 7) is 2.04. The number of hydrogen-bond donors (Lipinski definition) is 0. The Morgan fingerprint density at radius 3 is 2.67 bits per heavy atom. The van der Waals surface area contributed by atoms with Gasteiger partial charge in [0, 0.05) is 12.3 Å². The number of aromatic nitrogens is 1. The minimum atomic E-state index is -4.47. The molecule has 5 nitrogen and oxygen atoms in total. The van der Waals surface area contributed by atoms with Crippen LogP contribution in [0, 0.1) is 11.3 Å². The summed E-state index contributed by atoms with van der Waals surface area (Å²) in [4.78, 5) is 15.8. The Morgan fingerprint density at radius 1 is 1.37 bits per heavy atom. The first-order valence-electron chi connectivity index (χ1n) is 7.47. The molecule has 0 aliphatic rings. The van der Waals surface area contributed by atoms with Gasteiger partial charge >= 0.3 is 12.1 Å². The van der Waals surface area contributed by atoms with Gasteiger partial charge in [0.15, 0.2) is 11.5 Å². The summed E-state index contributed by atoms with van der Waals surface area (Å²) in [6.07, 6.45) is -3.76. The summed E-state index contributed by atoms with van der Waals surface area (Å²) >= 11 is 4.16. The van der Waals surface area contributed by atoms with Crippen molar-refractivity contribution in [2.24, 2.45) is 0 Å². The first-order chi connectivity index (χ1) is 12.7. The Labute approximate surface area is 165 Å². The van der Waals surface area contributed by atoms with E-state index < -0.39 is 17.7 Å². The number of nitrogens with zero attached hydrogens (tertiary/aromatic N) is 2. The molecule has 0 atom stereocenters. The zero-order valence-corrected chi connectivity index (χ0v) is 16.2. The number of carbonyl (C=O) groups excluding carboxylic acids is 1. The van der Waals surface area contributed by atoms with E-state index in [0.717, 1.165) is 17.8 Å². The minimum Gasteiger partial charge on any atom is -0.490 e. The zero-order valence-electron chi connectivity index (χ0n) is 13.8. The molecular formula is C17H12BrF3N2O3S. The number of pyridine rings is 1. The fourth-order valence-corrected chi connectivity index (χ4v) is 3.04. The van der Waals surface area contributed by atoms with Crippen LogP contribution in [0.4, 0.5) is 13.2 Å². The molecule has 0 saturated carbocycles. The third kappa shape index (κ3) is 5.87. The van der Waals surface area contributed by atoms with E-state index in [-0.39, 0.29) is 22.3 Å². The summed E-state index contributed by atoms with van der Waals surface area (Å²) in [5, 5.41) is 9.25. The average Bonchev–Trinajstić information content (AvgIpc) is 2.62. The molecule has 0 radical (unpaired) electrons. The zero-order chi connectivity index (χ0) is 20.0. The summed E-state index contributed by atoms with van der Waals surface area (Å²) in [7, 11) is 0. The van der Waals surface area contributed by atoms with Gasteiger partial charge in [-0.2, -0.15) is 18.4 Å². The van der Waals surface area contributed by atoms with E-state index in [2.05, 4.69) is 20.9 Å². The molecule has 0 spiro atoms. The van der Waals surface area contributed by atoms with Crippen LogP contribution in [0.1, 0.15) is 18.1 Å². The van der Waals surface area contributed by atoms with Crippen LogP contribution in [0.25, 0.3) is 0 Å². The van der Waals surface area contributed by atoms with E-state index in [1.807, 2.05) is 6.07 Å². The fourth-order valence-electron chi connectivity index (χ4n) is 1.90. The molecule has 2 rings (SSSR count). The highest BCUT2D eigenvalue weighted by Crippen LogP contribution is 2.37. The number of halogens is 4. The third-order valence-corrected chi connectivity index (χ3v) is 4.56. The van der Waals surface area contributed by atoms with Gasteiger partial charge < -0.3 is 9.47 Å². The predicted octanol–water partition coefficient (Wildman–Crippen LogP) is 4.83. The van der Waals surface area contributed by atoms with Crippen LogP contribution in [0.3, 0.4) is 0 Å². The molecule has 1 aromatic carbocycles. The first kappa shape index (κ1) is 21.1. The van der Waals surface area contributed by atoms with Gasteiger partial charge in [-0.3, -0.25) is 4.79 Å². The van der Waals surface area contributed by atoms with Crippen molar-refractivity contribution in [1.29, 1.82) is 5.26 Å². The van der Waals surface area contributed by atoms with E-state index in [1.54, 1.807) is 6.92 Å². The van der Waals surface area contributed by atoms with Crippen LogP contribution in [-0.2, 0) is 11.0 Å². The SMILES string of the molecule is CCOc1cc(C#N)cc(Br)c1OC(=O)CSc1ccc(C(F)(F)F)cn1. The highest BCUT2D eigenvalue weighted by molar-refractivity contribution is 9.10. The molecule has 10 heteroatoms. The van der Waals surface area contributed by atoms with Crippen molar-refractivity contribution < 1.29 is 27.4 Å². The minimum absolute atomic E-state index is 0.127. The summed E-state index contributed by atoms with van der Waals surface area (Å²) in [5.41, 5.74) is -0.536. The van der Waals surface area contributed by atoms with E-state index in [9.17, 15) is 18.0 Å². The molecule has 0 bridgehead atoms. The second-order valence-corrected chi connectivity index (χ2v) is 6.83. The van der Waals surface area contributed by atoms with Crippen LogP contribution in [0.5, 0.6) is 11.5 Å². The Kier molecular flexibility index (Phi) is 7.10. The Bertz CT molecular complexity index is 867. The largest absolute Gasteiger partial charge is 0.490 e. The highest BCUT2D eigenvalue weighted by Gasteiger charge is 2.30. The van der Waals surface area contributed by atoms with E-state index >= 15 is 0 Å². The van der Waals surface area contributed by atoms with Gasteiger partial charge in [-0.25, -0.2) is 4.98 Å². The van der Waals surface area contributed by atoms with Crippen molar-refractivity contribution in [2.45, 2.75) is 18.1 Å². The highest BCUT2D eigenvalue weighted by atomic mass is 79.9. The summed E-state index contributed by atoms with van der Waals surface area (Å²) in [6, 6.07) is 6.97. The molecule has 0 aliphatic carbocycles. The molecule has 142 valence electrons. The molecule has 0 N–H and O–H groups in total. The van der Waals surface area contributed by atoms with Crippen molar-refractivity contribution >= 4 is 33.7 Å². The Balaban J connectivity index is 2.05. The number of esters is 1. The first-order valence-corrected chi connectivity index (χ1v) is 9.25. The van der Waals surface area contributed by atoms with Crippen LogP contribution in [0.15, 0.2) is 40.0 Å². The van der Waals surface area contributed by atoms with Crippen molar-refractivity contribution in [1.82, 2.24) is 4.98 Å². The van der Waals surface area contributed by atoms with Gasteiger partial charge in [0.1, 0.15) is 0 Å². The summed E-state index contributed by atoms with van der Waals surface area (Å²) < 4.78 is 48.6. The lowest BCUT2D eigenvalue weighted by atomic mass is 10.2. The van der Waals surface area contributed by atoms with Gasteiger partial charge in [-0.15, -0.1) is 0 Å².